The number of aryl methyl sites for hydroxylation is 2. The van der Waals surface area contributed by atoms with Gasteiger partial charge in [0.2, 0.25) is 0 Å². The second-order valence-electron chi connectivity index (χ2n) is 7.16. The molecule has 1 unspecified atom stereocenters. The molecule has 154 valence electrons. The van der Waals surface area contributed by atoms with Gasteiger partial charge in [0.25, 0.3) is 0 Å². The first kappa shape index (κ1) is 19.8. The van der Waals surface area contributed by atoms with Crippen LogP contribution in [0.5, 0.6) is 11.5 Å². The number of rotatable bonds is 6. The lowest BCUT2D eigenvalue weighted by Gasteiger charge is -2.25. The van der Waals surface area contributed by atoms with Gasteiger partial charge >= 0.3 is 5.97 Å². The summed E-state index contributed by atoms with van der Waals surface area (Å²) in [7, 11) is 1.53. The van der Waals surface area contributed by atoms with E-state index in [0.717, 1.165) is 29.7 Å². The Morgan fingerprint density at radius 1 is 1.23 bits per heavy atom. The van der Waals surface area contributed by atoms with E-state index in [9.17, 15) is 9.18 Å². The number of methoxy groups -OCH3 is 1. The summed E-state index contributed by atoms with van der Waals surface area (Å²) in [4.78, 5) is 19.6. The van der Waals surface area contributed by atoms with Gasteiger partial charge in [0, 0.05) is 29.9 Å². The van der Waals surface area contributed by atoms with Crippen LogP contribution in [0.2, 0.25) is 0 Å². The predicted molar refractivity (Wildman–Crippen MR) is 108 cm³/mol. The van der Waals surface area contributed by atoms with Gasteiger partial charge in [-0.25, -0.2) is 14.4 Å². The summed E-state index contributed by atoms with van der Waals surface area (Å²) in [6.07, 6.45) is 4.94. The van der Waals surface area contributed by atoms with Gasteiger partial charge in [-0.05, 0) is 54.7 Å². The third-order valence-electron chi connectivity index (χ3n) is 5.15. The second kappa shape index (κ2) is 8.49. The Kier molecular flexibility index (Phi) is 5.61. The zero-order chi connectivity index (χ0) is 21.1. The molecule has 0 spiro atoms. The summed E-state index contributed by atoms with van der Waals surface area (Å²) in [6, 6.07) is 10.3. The van der Waals surface area contributed by atoms with Crippen LogP contribution >= 0.6 is 0 Å². The minimum atomic E-state index is -0.826. The number of hydrogen-bond donors (Lipinski definition) is 1. The van der Waals surface area contributed by atoms with E-state index >= 15 is 0 Å². The zero-order valence-electron chi connectivity index (χ0n) is 16.5. The number of fused-ring (bicyclic) bond motifs is 1. The number of carboxylic acids is 1. The average Bonchev–Trinajstić information content (AvgIpc) is 2.77. The molecule has 0 bridgehead atoms. The fraction of sp³-hybridized carbons (Fsp3) is 0.261. The largest absolute Gasteiger partial charge is 0.497 e. The van der Waals surface area contributed by atoms with Crippen LogP contribution in [0.4, 0.5) is 4.39 Å². The van der Waals surface area contributed by atoms with Gasteiger partial charge < -0.3 is 14.6 Å². The molecule has 2 aromatic carbocycles. The Labute approximate surface area is 173 Å². The molecule has 1 aromatic heterocycles. The molecular formula is C23H21FN2O4. The predicted octanol–water partition coefficient (Wildman–Crippen LogP) is 4.37. The van der Waals surface area contributed by atoms with Crippen molar-refractivity contribution in [3.8, 4) is 22.6 Å². The highest BCUT2D eigenvalue weighted by Gasteiger charge is 2.24. The van der Waals surface area contributed by atoms with Gasteiger partial charge in [-0.15, -0.1) is 0 Å². The molecule has 0 radical (unpaired) electrons. The lowest BCUT2D eigenvalue weighted by molar-refractivity contribution is -0.136. The molecule has 0 amide bonds. The SMILES string of the molecule is COc1ccc(F)c(-c2cnc(C3CCc4ccc(CCC(=O)O)cc4O3)nc2)c1. The van der Waals surface area contributed by atoms with Crippen molar-refractivity contribution in [2.75, 3.05) is 7.11 Å². The van der Waals surface area contributed by atoms with Crippen molar-refractivity contribution in [2.45, 2.75) is 31.8 Å². The first-order valence-electron chi connectivity index (χ1n) is 9.69. The number of aliphatic carboxylic acids is 1. The topological polar surface area (TPSA) is 81.5 Å². The number of nitrogens with zero attached hydrogens (tertiary/aromatic N) is 2. The molecule has 0 aliphatic carbocycles. The number of carbonyl (C=O) groups is 1. The smallest absolute Gasteiger partial charge is 0.303 e. The fourth-order valence-corrected chi connectivity index (χ4v) is 3.50. The summed E-state index contributed by atoms with van der Waals surface area (Å²) >= 11 is 0. The molecule has 1 atom stereocenters. The van der Waals surface area contributed by atoms with Crippen LogP contribution in [0.15, 0.2) is 48.8 Å². The van der Waals surface area contributed by atoms with E-state index in [2.05, 4.69) is 9.97 Å². The summed E-state index contributed by atoms with van der Waals surface area (Å²) < 4.78 is 25.5. The highest BCUT2D eigenvalue weighted by Crippen LogP contribution is 2.35. The first-order chi connectivity index (χ1) is 14.5. The quantitative estimate of drug-likeness (QED) is 0.652. The monoisotopic (exact) mass is 408 g/mol. The van der Waals surface area contributed by atoms with E-state index in [0.29, 0.717) is 29.1 Å². The van der Waals surface area contributed by atoms with Gasteiger partial charge in [-0.1, -0.05) is 12.1 Å². The molecule has 3 aromatic rings. The summed E-state index contributed by atoms with van der Waals surface area (Å²) in [5.74, 6) is 0.627. The van der Waals surface area contributed by atoms with E-state index in [1.165, 1.54) is 13.2 Å². The first-order valence-corrected chi connectivity index (χ1v) is 9.69. The Bertz CT molecular complexity index is 1070. The Morgan fingerprint density at radius 2 is 2.03 bits per heavy atom. The van der Waals surface area contributed by atoms with E-state index in [-0.39, 0.29) is 18.3 Å². The Hall–Kier alpha value is -3.48. The van der Waals surface area contributed by atoms with Gasteiger partial charge in [0.05, 0.1) is 7.11 Å². The Balaban J connectivity index is 1.52. The number of benzene rings is 2. The number of ether oxygens (including phenoxy) is 2. The van der Waals surface area contributed by atoms with E-state index in [1.54, 1.807) is 24.5 Å². The molecule has 2 heterocycles. The molecule has 0 saturated heterocycles. The van der Waals surface area contributed by atoms with Gasteiger partial charge in [0.15, 0.2) is 11.9 Å². The van der Waals surface area contributed by atoms with E-state index < -0.39 is 5.97 Å². The van der Waals surface area contributed by atoms with Gasteiger partial charge in [0.1, 0.15) is 17.3 Å². The number of halogens is 1. The van der Waals surface area contributed by atoms with Crippen molar-refractivity contribution < 1.29 is 23.8 Å². The normalized spacial score (nSPS) is 15.2. The fourth-order valence-electron chi connectivity index (χ4n) is 3.50. The van der Waals surface area contributed by atoms with E-state index in [1.807, 2.05) is 18.2 Å². The molecule has 0 fully saturated rings. The maximum Gasteiger partial charge on any atom is 0.303 e. The van der Waals surface area contributed by atoms with E-state index in [4.69, 9.17) is 14.6 Å². The molecule has 7 heteroatoms. The number of carboxylic acid groups (broad SMARTS) is 1. The third-order valence-corrected chi connectivity index (χ3v) is 5.15. The molecule has 4 rings (SSSR count). The number of hydrogen-bond acceptors (Lipinski definition) is 5. The highest BCUT2D eigenvalue weighted by molar-refractivity contribution is 5.67. The van der Waals surface area contributed by atoms with Crippen molar-refractivity contribution >= 4 is 5.97 Å². The standard InChI is InChI=1S/C23H21FN2O4/c1-29-17-6-7-19(24)18(11-17)16-12-25-23(26-13-16)20-8-5-15-4-2-14(3-9-22(27)28)10-21(15)30-20/h2,4,6-7,10-13,20H,3,5,8-9H2,1H3,(H,27,28). The van der Waals surface area contributed by atoms with Gasteiger partial charge in [-0.2, -0.15) is 0 Å². The molecular weight excluding hydrogens is 387 g/mol. The van der Waals surface area contributed by atoms with Crippen molar-refractivity contribution in [1.29, 1.82) is 0 Å². The van der Waals surface area contributed by atoms with Crippen LogP contribution in [0.1, 0.15) is 35.9 Å². The lowest BCUT2D eigenvalue weighted by atomic mass is 9.98. The minimum absolute atomic E-state index is 0.0770. The molecule has 1 aliphatic rings. The van der Waals surface area contributed by atoms with Gasteiger partial charge in [-0.3, -0.25) is 4.79 Å². The lowest BCUT2D eigenvalue weighted by Crippen LogP contribution is -2.17. The maximum atomic E-state index is 14.2. The number of aromatic nitrogens is 2. The van der Waals surface area contributed by atoms with Crippen LogP contribution in [0.3, 0.4) is 0 Å². The van der Waals surface area contributed by atoms with Crippen molar-refractivity contribution in [2.24, 2.45) is 0 Å². The summed E-state index contributed by atoms with van der Waals surface area (Å²) in [6.45, 7) is 0. The molecule has 6 nitrogen and oxygen atoms in total. The summed E-state index contributed by atoms with van der Waals surface area (Å²) in [5, 5.41) is 8.88. The molecule has 1 aliphatic heterocycles. The average molecular weight is 408 g/mol. The molecule has 0 saturated carbocycles. The maximum absolute atomic E-state index is 14.2. The summed E-state index contributed by atoms with van der Waals surface area (Å²) in [5.41, 5.74) is 2.93. The van der Waals surface area contributed by atoms with Crippen LogP contribution in [-0.2, 0) is 17.6 Å². The van der Waals surface area contributed by atoms with Crippen LogP contribution in [0.25, 0.3) is 11.1 Å². The van der Waals surface area contributed by atoms with Crippen LogP contribution < -0.4 is 9.47 Å². The molecule has 1 N–H and O–H groups in total. The van der Waals surface area contributed by atoms with Crippen molar-refractivity contribution in [1.82, 2.24) is 9.97 Å². The van der Waals surface area contributed by atoms with Crippen molar-refractivity contribution in [3.05, 3.63) is 71.6 Å². The highest BCUT2D eigenvalue weighted by atomic mass is 19.1. The van der Waals surface area contributed by atoms with Crippen LogP contribution in [0, 0.1) is 5.82 Å². The van der Waals surface area contributed by atoms with Crippen LogP contribution in [-0.4, -0.2) is 28.2 Å². The second-order valence-corrected chi connectivity index (χ2v) is 7.16. The zero-order valence-corrected chi connectivity index (χ0v) is 16.5. The third kappa shape index (κ3) is 4.25. The molecule has 30 heavy (non-hydrogen) atoms. The Morgan fingerprint density at radius 3 is 2.77 bits per heavy atom. The minimum Gasteiger partial charge on any atom is -0.497 e. The van der Waals surface area contributed by atoms with Crippen molar-refractivity contribution in [3.63, 3.8) is 0 Å².